The molecule has 0 bridgehead atoms. The number of carbonyl (C=O) groups is 2. The zero-order valence-corrected chi connectivity index (χ0v) is 12.4. The maximum absolute atomic E-state index is 11.5. The first-order valence-corrected chi connectivity index (χ1v) is 6.86. The summed E-state index contributed by atoms with van der Waals surface area (Å²) >= 11 is 6.18. The summed E-state index contributed by atoms with van der Waals surface area (Å²) in [5.74, 6) is 0.467. The first-order chi connectivity index (χ1) is 10.0. The number of ether oxygens (including phenoxy) is 2. The number of carbonyl (C=O) groups excluding carboxylic acids is 2. The molecular formula is C14H15ClN2O4. The molecule has 0 radical (unpaired) electrons. The zero-order valence-electron chi connectivity index (χ0n) is 11.7. The maximum Gasteiger partial charge on any atom is 0.326 e. The molecule has 1 aromatic carbocycles. The molecule has 1 aliphatic rings. The average molecular weight is 311 g/mol. The summed E-state index contributed by atoms with van der Waals surface area (Å²) in [4.78, 5) is 22.6. The van der Waals surface area contributed by atoms with Crippen LogP contribution in [0.25, 0.3) is 6.08 Å². The Balaban J connectivity index is 2.39. The van der Waals surface area contributed by atoms with Crippen molar-refractivity contribution in [3.8, 4) is 11.5 Å². The highest BCUT2D eigenvalue weighted by molar-refractivity contribution is 6.32. The minimum absolute atomic E-state index is 0.155. The topological polar surface area (TPSA) is 76.7 Å². The van der Waals surface area contributed by atoms with Gasteiger partial charge in [-0.3, -0.25) is 10.1 Å². The summed E-state index contributed by atoms with van der Waals surface area (Å²) in [7, 11) is 0. The highest BCUT2D eigenvalue weighted by Gasteiger charge is 2.23. The second-order valence-corrected chi connectivity index (χ2v) is 4.57. The number of amides is 3. The van der Waals surface area contributed by atoms with Crippen molar-refractivity contribution in [1.82, 2.24) is 10.6 Å². The van der Waals surface area contributed by atoms with E-state index in [-0.39, 0.29) is 5.70 Å². The van der Waals surface area contributed by atoms with Gasteiger partial charge in [0, 0.05) is 0 Å². The summed E-state index contributed by atoms with van der Waals surface area (Å²) in [6.07, 6.45) is 1.52. The van der Waals surface area contributed by atoms with Gasteiger partial charge in [0.2, 0.25) is 0 Å². The lowest BCUT2D eigenvalue weighted by Crippen LogP contribution is -2.22. The Morgan fingerprint density at radius 1 is 1.14 bits per heavy atom. The van der Waals surface area contributed by atoms with Crippen molar-refractivity contribution in [3.63, 3.8) is 0 Å². The SMILES string of the molecule is CCOc1cc(/C=C2\NC(=O)NC2=O)cc(Cl)c1OCC. The lowest BCUT2D eigenvalue weighted by Gasteiger charge is -2.13. The average Bonchev–Trinajstić information content (AvgIpc) is 2.72. The van der Waals surface area contributed by atoms with Crippen LogP contribution in [0.1, 0.15) is 19.4 Å². The van der Waals surface area contributed by atoms with E-state index >= 15 is 0 Å². The van der Waals surface area contributed by atoms with Gasteiger partial charge in [-0.1, -0.05) is 11.6 Å². The molecule has 1 saturated heterocycles. The van der Waals surface area contributed by atoms with Crippen molar-refractivity contribution in [2.75, 3.05) is 13.2 Å². The van der Waals surface area contributed by atoms with Gasteiger partial charge in [0.05, 0.1) is 18.2 Å². The number of imide groups is 1. The molecule has 2 N–H and O–H groups in total. The van der Waals surface area contributed by atoms with Crippen molar-refractivity contribution in [1.29, 1.82) is 0 Å². The molecule has 1 fully saturated rings. The molecule has 1 aromatic rings. The molecule has 0 saturated carbocycles. The second-order valence-electron chi connectivity index (χ2n) is 4.16. The van der Waals surface area contributed by atoms with Gasteiger partial charge in [0.25, 0.3) is 5.91 Å². The molecule has 112 valence electrons. The molecule has 0 spiro atoms. The first-order valence-electron chi connectivity index (χ1n) is 6.48. The molecule has 1 heterocycles. The van der Waals surface area contributed by atoms with Gasteiger partial charge in [-0.2, -0.15) is 0 Å². The van der Waals surface area contributed by atoms with Crippen molar-refractivity contribution >= 4 is 29.6 Å². The first kappa shape index (κ1) is 15.2. The van der Waals surface area contributed by atoms with Gasteiger partial charge >= 0.3 is 6.03 Å². The Hall–Kier alpha value is -2.21. The van der Waals surface area contributed by atoms with Crippen LogP contribution in [-0.2, 0) is 4.79 Å². The van der Waals surface area contributed by atoms with E-state index in [0.29, 0.717) is 35.3 Å². The van der Waals surface area contributed by atoms with E-state index in [1.54, 1.807) is 12.1 Å². The van der Waals surface area contributed by atoms with Crippen LogP contribution in [-0.4, -0.2) is 25.2 Å². The van der Waals surface area contributed by atoms with Crippen LogP contribution >= 0.6 is 11.6 Å². The molecule has 2 rings (SSSR count). The fraction of sp³-hybridized carbons (Fsp3) is 0.286. The Kier molecular flexibility index (Phi) is 4.70. The lowest BCUT2D eigenvalue weighted by molar-refractivity contribution is -0.115. The van der Waals surface area contributed by atoms with Crippen LogP contribution in [0.15, 0.2) is 17.8 Å². The van der Waals surface area contributed by atoms with E-state index in [1.165, 1.54) is 6.08 Å². The Morgan fingerprint density at radius 3 is 2.43 bits per heavy atom. The van der Waals surface area contributed by atoms with Crippen molar-refractivity contribution in [3.05, 3.63) is 28.4 Å². The van der Waals surface area contributed by atoms with E-state index < -0.39 is 11.9 Å². The normalized spacial score (nSPS) is 15.9. The van der Waals surface area contributed by atoms with Gasteiger partial charge in [-0.15, -0.1) is 0 Å². The van der Waals surface area contributed by atoms with Crippen molar-refractivity contribution in [2.24, 2.45) is 0 Å². The second kappa shape index (κ2) is 6.49. The molecule has 6 nitrogen and oxygen atoms in total. The monoisotopic (exact) mass is 310 g/mol. The third kappa shape index (κ3) is 3.46. The van der Waals surface area contributed by atoms with Crippen molar-refractivity contribution in [2.45, 2.75) is 13.8 Å². The van der Waals surface area contributed by atoms with E-state index in [0.717, 1.165) is 0 Å². The van der Waals surface area contributed by atoms with Gasteiger partial charge in [-0.25, -0.2) is 4.79 Å². The summed E-state index contributed by atoms with van der Waals surface area (Å²) < 4.78 is 11.0. The third-order valence-electron chi connectivity index (χ3n) is 2.65. The van der Waals surface area contributed by atoms with Crippen LogP contribution in [0.2, 0.25) is 5.02 Å². The third-order valence-corrected chi connectivity index (χ3v) is 2.93. The standard InChI is InChI=1S/C14H15ClN2O4/c1-3-20-11-7-8(5-9(15)12(11)21-4-2)6-10-13(18)17-14(19)16-10/h5-7H,3-4H2,1-2H3,(H2,16,17,18,19)/b10-6-. The van der Waals surface area contributed by atoms with Crippen LogP contribution in [0, 0.1) is 0 Å². The van der Waals surface area contributed by atoms with E-state index in [4.69, 9.17) is 21.1 Å². The fourth-order valence-electron chi connectivity index (χ4n) is 1.87. The number of benzene rings is 1. The Morgan fingerprint density at radius 2 is 1.86 bits per heavy atom. The van der Waals surface area contributed by atoms with E-state index in [9.17, 15) is 9.59 Å². The lowest BCUT2D eigenvalue weighted by atomic mass is 10.1. The molecule has 3 amide bonds. The predicted molar refractivity (Wildman–Crippen MR) is 78.4 cm³/mol. The number of rotatable bonds is 5. The summed E-state index contributed by atoms with van der Waals surface area (Å²) in [5, 5.41) is 4.91. The number of hydrogen-bond acceptors (Lipinski definition) is 4. The van der Waals surface area contributed by atoms with Gasteiger partial charge in [0.1, 0.15) is 5.70 Å². The zero-order chi connectivity index (χ0) is 15.4. The van der Waals surface area contributed by atoms with Crippen LogP contribution < -0.4 is 20.1 Å². The molecule has 0 aliphatic carbocycles. The molecule has 7 heteroatoms. The van der Waals surface area contributed by atoms with Crippen molar-refractivity contribution < 1.29 is 19.1 Å². The largest absolute Gasteiger partial charge is 0.490 e. The number of nitrogens with one attached hydrogen (secondary N) is 2. The molecule has 0 unspecified atom stereocenters. The van der Waals surface area contributed by atoms with E-state index in [1.807, 2.05) is 13.8 Å². The number of urea groups is 1. The summed E-state index contributed by atoms with van der Waals surface area (Å²) in [6.45, 7) is 4.60. The maximum atomic E-state index is 11.5. The molecule has 21 heavy (non-hydrogen) atoms. The minimum atomic E-state index is -0.548. The summed E-state index contributed by atoms with van der Waals surface area (Å²) in [5.41, 5.74) is 0.780. The summed E-state index contributed by atoms with van der Waals surface area (Å²) in [6, 6.07) is 2.79. The smallest absolute Gasteiger partial charge is 0.326 e. The highest BCUT2D eigenvalue weighted by Crippen LogP contribution is 2.37. The van der Waals surface area contributed by atoms with E-state index in [2.05, 4.69) is 10.6 Å². The van der Waals surface area contributed by atoms with Gasteiger partial charge in [-0.05, 0) is 37.6 Å². The molecule has 0 aromatic heterocycles. The highest BCUT2D eigenvalue weighted by atomic mass is 35.5. The minimum Gasteiger partial charge on any atom is -0.490 e. The Bertz CT molecular complexity index is 613. The van der Waals surface area contributed by atoms with Gasteiger partial charge < -0.3 is 14.8 Å². The molecular weight excluding hydrogens is 296 g/mol. The number of halogens is 1. The van der Waals surface area contributed by atoms with Gasteiger partial charge in [0.15, 0.2) is 11.5 Å². The number of hydrogen-bond donors (Lipinski definition) is 2. The van der Waals surface area contributed by atoms with Crippen LogP contribution in [0.4, 0.5) is 4.79 Å². The van der Waals surface area contributed by atoms with Crippen LogP contribution in [0.5, 0.6) is 11.5 Å². The Labute approximate surface area is 127 Å². The predicted octanol–water partition coefficient (Wildman–Crippen LogP) is 2.32. The van der Waals surface area contributed by atoms with Crippen LogP contribution in [0.3, 0.4) is 0 Å². The quantitative estimate of drug-likeness (QED) is 0.646. The molecule has 1 aliphatic heterocycles. The molecule has 0 atom stereocenters. The fourth-order valence-corrected chi connectivity index (χ4v) is 2.14.